The van der Waals surface area contributed by atoms with Crippen LogP contribution in [-0.4, -0.2) is 66.6 Å². The molecule has 2 aromatic heterocycles. The van der Waals surface area contributed by atoms with Gasteiger partial charge in [0.2, 0.25) is 0 Å². The Morgan fingerprint density at radius 3 is 2.52 bits per heavy atom. The molecule has 1 saturated heterocycles. The minimum absolute atomic E-state index is 0.224. The molecule has 27 heavy (non-hydrogen) atoms. The van der Waals surface area contributed by atoms with Gasteiger partial charge in [-0.2, -0.15) is 0 Å². The van der Waals surface area contributed by atoms with Gasteiger partial charge in [0.15, 0.2) is 5.78 Å². The molecule has 0 bridgehead atoms. The van der Waals surface area contributed by atoms with Crippen molar-refractivity contribution < 1.29 is 9.53 Å². The largest absolute Gasteiger partial charge is 0.383 e. The lowest BCUT2D eigenvalue weighted by Crippen LogP contribution is -2.47. The van der Waals surface area contributed by atoms with Crippen molar-refractivity contribution >= 4 is 33.0 Å². The van der Waals surface area contributed by atoms with Gasteiger partial charge in [0.25, 0.3) is 0 Å². The topological polar surface area (TPSA) is 37.7 Å². The van der Waals surface area contributed by atoms with Crippen LogP contribution in [0, 0.1) is 13.8 Å². The third kappa shape index (κ3) is 5.29. The highest BCUT2D eigenvalue weighted by Crippen LogP contribution is 2.23. The third-order valence-electron chi connectivity index (χ3n) is 5.23. The average Bonchev–Trinajstić information content (AvgIpc) is 3.18. The van der Waals surface area contributed by atoms with E-state index in [1.54, 1.807) is 18.4 Å². The molecule has 1 aliphatic rings. The molecule has 1 aliphatic heterocycles. The van der Waals surface area contributed by atoms with Crippen LogP contribution >= 0.6 is 27.3 Å². The normalized spacial score (nSPS) is 16.1. The van der Waals surface area contributed by atoms with Crippen LogP contribution in [0.2, 0.25) is 0 Å². The molecule has 0 N–H and O–H groups in total. The van der Waals surface area contributed by atoms with Gasteiger partial charge in [-0.05, 0) is 48.0 Å². The van der Waals surface area contributed by atoms with Crippen LogP contribution in [0.5, 0.6) is 0 Å². The summed E-state index contributed by atoms with van der Waals surface area (Å²) in [6.45, 7) is 11.0. The number of halogens is 1. The number of aryl methyl sites for hydroxylation is 1. The number of thiophene rings is 1. The van der Waals surface area contributed by atoms with Crippen LogP contribution in [-0.2, 0) is 17.8 Å². The molecule has 0 aliphatic carbocycles. The molecule has 2 aromatic rings. The first-order valence-corrected chi connectivity index (χ1v) is 11.0. The number of hydrogen-bond donors (Lipinski definition) is 0. The summed E-state index contributed by atoms with van der Waals surface area (Å²) in [5.74, 6) is 0.224. The Balaban J connectivity index is 1.52. The molecule has 0 radical (unpaired) electrons. The number of ether oxygens (including phenoxy) is 1. The maximum atomic E-state index is 12.8. The first kappa shape index (κ1) is 20.7. The van der Waals surface area contributed by atoms with E-state index in [0.29, 0.717) is 13.2 Å². The second kappa shape index (κ2) is 9.47. The molecule has 3 heterocycles. The van der Waals surface area contributed by atoms with Crippen molar-refractivity contribution in [1.82, 2.24) is 14.4 Å². The van der Waals surface area contributed by atoms with E-state index in [1.165, 1.54) is 8.66 Å². The summed E-state index contributed by atoms with van der Waals surface area (Å²) in [7, 11) is 1.71. The smallest absolute Gasteiger partial charge is 0.178 e. The standard InChI is InChI=1S/C20H28BrN3O2S/c1-15-12-18(16(2)24(15)10-11-26-3)19(25)14-23-8-6-22(7-9-23)13-17-4-5-20(21)27-17/h4-5,12H,6-11,13-14H2,1-3H3. The SMILES string of the molecule is COCCn1c(C)cc(C(=O)CN2CCN(Cc3ccc(Br)s3)CC2)c1C. The highest BCUT2D eigenvalue weighted by Gasteiger charge is 2.22. The monoisotopic (exact) mass is 453 g/mol. The molecule has 0 saturated carbocycles. The maximum Gasteiger partial charge on any atom is 0.178 e. The Kier molecular flexibility index (Phi) is 7.28. The summed E-state index contributed by atoms with van der Waals surface area (Å²) < 4.78 is 8.54. The Hall–Kier alpha value is -0.990. The highest BCUT2D eigenvalue weighted by atomic mass is 79.9. The van der Waals surface area contributed by atoms with Gasteiger partial charge in [0.1, 0.15) is 0 Å². The van der Waals surface area contributed by atoms with Gasteiger partial charge >= 0.3 is 0 Å². The van der Waals surface area contributed by atoms with E-state index in [0.717, 1.165) is 56.2 Å². The highest BCUT2D eigenvalue weighted by molar-refractivity contribution is 9.11. The van der Waals surface area contributed by atoms with E-state index in [9.17, 15) is 4.79 Å². The number of nitrogens with zero attached hydrogens (tertiary/aromatic N) is 3. The molecule has 0 aromatic carbocycles. The van der Waals surface area contributed by atoms with Gasteiger partial charge in [0, 0.05) is 68.2 Å². The second-order valence-electron chi connectivity index (χ2n) is 7.11. The molecular weight excluding hydrogens is 426 g/mol. The van der Waals surface area contributed by atoms with Crippen LogP contribution < -0.4 is 0 Å². The van der Waals surface area contributed by atoms with Gasteiger partial charge in [-0.1, -0.05) is 0 Å². The number of piperazine rings is 1. The zero-order chi connectivity index (χ0) is 19.4. The number of carbonyl (C=O) groups excluding carboxylic acids is 1. The lowest BCUT2D eigenvalue weighted by molar-refractivity contribution is 0.0844. The van der Waals surface area contributed by atoms with Crippen molar-refractivity contribution in [2.75, 3.05) is 46.4 Å². The summed E-state index contributed by atoms with van der Waals surface area (Å²) in [6, 6.07) is 6.32. The Bertz CT molecular complexity index is 778. The predicted molar refractivity (Wildman–Crippen MR) is 114 cm³/mol. The molecule has 3 rings (SSSR count). The van der Waals surface area contributed by atoms with Gasteiger partial charge in [-0.15, -0.1) is 11.3 Å². The van der Waals surface area contributed by atoms with Crippen LogP contribution in [0.25, 0.3) is 0 Å². The summed E-state index contributed by atoms with van der Waals surface area (Å²) >= 11 is 5.32. The summed E-state index contributed by atoms with van der Waals surface area (Å²) in [4.78, 5) is 19.0. The minimum Gasteiger partial charge on any atom is -0.383 e. The third-order valence-corrected chi connectivity index (χ3v) is 6.84. The van der Waals surface area contributed by atoms with Gasteiger partial charge in [-0.25, -0.2) is 0 Å². The van der Waals surface area contributed by atoms with E-state index in [2.05, 4.69) is 49.4 Å². The van der Waals surface area contributed by atoms with Crippen molar-refractivity contribution in [2.24, 2.45) is 0 Å². The lowest BCUT2D eigenvalue weighted by Gasteiger charge is -2.34. The summed E-state index contributed by atoms with van der Waals surface area (Å²) in [5.41, 5.74) is 3.03. The molecule has 7 heteroatoms. The van der Waals surface area contributed by atoms with Crippen molar-refractivity contribution in [3.8, 4) is 0 Å². The Morgan fingerprint density at radius 2 is 1.89 bits per heavy atom. The molecule has 1 fully saturated rings. The number of aromatic nitrogens is 1. The van der Waals surface area contributed by atoms with Gasteiger partial charge in [0.05, 0.1) is 16.9 Å². The first-order chi connectivity index (χ1) is 13.0. The summed E-state index contributed by atoms with van der Waals surface area (Å²) in [6.07, 6.45) is 0. The quantitative estimate of drug-likeness (QED) is 0.572. The Morgan fingerprint density at radius 1 is 1.19 bits per heavy atom. The van der Waals surface area contributed by atoms with Crippen LogP contribution in [0.4, 0.5) is 0 Å². The van der Waals surface area contributed by atoms with E-state index < -0.39 is 0 Å². The fraction of sp³-hybridized carbons (Fsp3) is 0.550. The van der Waals surface area contributed by atoms with Crippen molar-refractivity contribution in [3.05, 3.63) is 43.8 Å². The van der Waals surface area contributed by atoms with E-state index >= 15 is 0 Å². The number of methoxy groups -OCH3 is 1. The van der Waals surface area contributed by atoms with Crippen molar-refractivity contribution in [1.29, 1.82) is 0 Å². The van der Waals surface area contributed by atoms with Gasteiger partial charge in [-0.3, -0.25) is 14.6 Å². The number of carbonyl (C=O) groups is 1. The summed E-state index contributed by atoms with van der Waals surface area (Å²) in [5, 5.41) is 0. The van der Waals surface area contributed by atoms with Crippen LogP contribution in [0.3, 0.4) is 0 Å². The molecule has 0 unspecified atom stereocenters. The lowest BCUT2D eigenvalue weighted by atomic mass is 10.1. The minimum atomic E-state index is 0.224. The molecule has 0 atom stereocenters. The molecule has 148 valence electrons. The first-order valence-electron chi connectivity index (χ1n) is 9.35. The predicted octanol–water partition coefficient (Wildman–Crippen LogP) is 3.58. The van der Waals surface area contributed by atoms with Crippen LogP contribution in [0.15, 0.2) is 22.0 Å². The molecule has 0 spiro atoms. The zero-order valence-electron chi connectivity index (χ0n) is 16.3. The van der Waals surface area contributed by atoms with Gasteiger partial charge < -0.3 is 9.30 Å². The van der Waals surface area contributed by atoms with E-state index in [1.807, 2.05) is 13.0 Å². The number of rotatable bonds is 8. The maximum absolute atomic E-state index is 12.8. The van der Waals surface area contributed by atoms with E-state index in [4.69, 9.17) is 4.74 Å². The average molecular weight is 454 g/mol. The zero-order valence-corrected chi connectivity index (χ0v) is 18.7. The molecular formula is C20H28BrN3O2S. The molecule has 5 nitrogen and oxygen atoms in total. The molecule has 0 amide bonds. The number of hydrogen-bond acceptors (Lipinski definition) is 5. The fourth-order valence-corrected chi connectivity index (χ4v) is 5.19. The number of Topliss-reactive ketones (excluding diaryl/α,β-unsaturated/α-hetero) is 1. The Labute approximate surface area is 174 Å². The number of ketones is 1. The fourth-order valence-electron chi connectivity index (χ4n) is 3.66. The van der Waals surface area contributed by atoms with E-state index in [-0.39, 0.29) is 5.78 Å². The van der Waals surface area contributed by atoms with Crippen molar-refractivity contribution in [2.45, 2.75) is 26.9 Å². The van der Waals surface area contributed by atoms with Crippen LogP contribution in [0.1, 0.15) is 26.6 Å². The second-order valence-corrected chi connectivity index (χ2v) is 9.66. The van der Waals surface area contributed by atoms with Crippen molar-refractivity contribution in [3.63, 3.8) is 0 Å².